The van der Waals surface area contributed by atoms with Crippen LogP contribution in [0.15, 0.2) is 18.7 Å². The highest BCUT2D eigenvalue weighted by molar-refractivity contribution is 5.86. The van der Waals surface area contributed by atoms with Gasteiger partial charge in [0.1, 0.15) is 18.0 Å². The fourth-order valence-electron chi connectivity index (χ4n) is 4.13. The van der Waals surface area contributed by atoms with Gasteiger partial charge in [0.05, 0.1) is 17.8 Å². The molecule has 1 N–H and O–H groups in total. The molecule has 0 spiro atoms. The maximum absolute atomic E-state index is 12.8. The van der Waals surface area contributed by atoms with Gasteiger partial charge in [0, 0.05) is 44.5 Å². The third kappa shape index (κ3) is 4.55. The average Bonchev–Trinajstić information content (AvgIpc) is 3.13. The Kier molecular flexibility index (Phi) is 6.31. The van der Waals surface area contributed by atoms with Crippen LogP contribution in [-0.2, 0) is 16.1 Å². The van der Waals surface area contributed by atoms with Crippen molar-refractivity contribution in [1.29, 1.82) is 0 Å². The molecule has 1 amide bonds. The molecule has 0 radical (unpaired) electrons. The van der Waals surface area contributed by atoms with Crippen LogP contribution in [0.2, 0.25) is 0 Å². The Morgan fingerprint density at radius 1 is 1.19 bits per heavy atom. The van der Waals surface area contributed by atoms with E-state index in [2.05, 4.69) is 25.3 Å². The summed E-state index contributed by atoms with van der Waals surface area (Å²) in [5.41, 5.74) is 2.22. The minimum absolute atomic E-state index is 0.0506. The number of hydrogen-bond donors (Lipinski definition) is 1. The van der Waals surface area contributed by atoms with Crippen LogP contribution >= 0.6 is 0 Å². The first-order chi connectivity index (χ1) is 15.4. The number of fused-ring (bicyclic) bond motifs is 1. The number of aromatic nitrogens is 6. The Labute approximate surface area is 187 Å². The number of nitrogens with zero attached hydrogens (tertiary/aromatic N) is 7. The molecule has 1 aliphatic rings. The van der Waals surface area contributed by atoms with Crippen molar-refractivity contribution in [3.05, 3.63) is 24.5 Å². The van der Waals surface area contributed by atoms with E-state index in [1.807, 2.05) is 44.1 Å². The van der Waals surface area contributed by atoms with Gasteiger partial charge in [-0.15, -0.1) is 0 Å². The number of carbonyl (C=O) groups excluding carboxylic acids is 1. The number of nitrogens with one attached hydrogen (secondary N) is 1. The molecule has 1 fully saturated rings. The van der Waals surface area contributed by atoms with E-state index < -0.39 is 0 Å². The van der Waals surface area contributed by atoms with Gasteiger partial charge in [0.2, 0.25) is 5.91 Å². The van der Waals surface area contributed by atoms with Crippen LogP contribution in [0.1, 0.15) is 39.9 Å². The van der Waals surface area contributed by atoms with Crippen molar-refractivity contribution in [3.8, 4) is 11.4 Å². The summed E-state index contributed by atoms with van der Waals surface area (Å²) in [7, 11) is 0. The zero-order chi connectivity index (χ0) is 22.8. The molecule has 3 aromatic rings. The Hall–Kier alpha value is -3.14. The molecule has 0 saturated carbocycles. The molecule has 1 saturated heterocycles. The normalized spacial score (nSPS) is 19.8. The lowest BCUT2D eigenvalue weighted by Crippen LogP contribution is -2.49. The lowest BCUT2D eigenvalue weighted by atomic mass is 10.1. The quantitative estimate of drug-likeness (QED) is 0.625. The molecule has 4 rings (SSSR count). The fourth-order valence-corrected chi connectivity index (χ4v) is 4.13. The summed E-state index contributed by atoms with van der Waals surface area (Å²) >= 11 is 0. The van der Waals surface area contributed by atoms with E-state index in [0.29, 0.717) is 43.2 Å². The average molecular weight is 439 g/mol. The molecular weight excluding hydrogens is 408 g/mol. The first-order valence-corrected chi connectivity index (χ1v) is 11.1. The fraction of sp³-hybridized carbons (Fsp3) is 0.545. The van der Waals surface area contributed by atoms with Crippen molar-refractivity contribution in [2.24, 2.45) is 0 Å². The van der Waals surface area contributed by atoms with Crippen molar-refractivity contribution >= 4 is 22.9 Å². The number of amides is 1. The second kappa shape index (κ2) is 9.15. The Balaban J connectivity index is 1.55. The van der Waals surface area contributed by atoms with E-state index in [-0.39, 0.29) is 24.2 Å². The summed E-state index contributed by atoms with van der Waals surface area (Å²) < 4.78 is 7.75. The van der Waals surface area contributed by atoms with E-state index in [1.54, 1.807) is 12.4 Å². The minimum atomic E-state index is -0.119. The second-order valence-electron chi connectivity index (χ2n) is 8.40. The lowest BCUT2D eigenvalue weighted by Gasteiger charge is -2.35. The van der Waals surface area contributed by atoms with Gasteiger partial charge in [0.25, 0.3) is 0 Å². The molecule has 3 atom stereocenters. The van der Waals surface area contributed by atoms with Gasteiger partial charge < -0.3 is 19.5 Å². The van der Waals surface area contributed by atoms with Crippen LogP contribution in [0.5, 0.6) is 0 Å². The molecule has 1 aliphatic heterocycles. The topological polar surface area (TPSA) is 111 Å². The van der Waals surface area contributed by atoms with Gasteiger partial charge in [-0.05, 0) is 34.6 Å². The number of morpholine rings is 1. The second-order valence-corrected chi connectivity index (χ2v) is 8.40. The molecule has 10 nitrogen and oxygen atoms in total. The minimum Gasteiger partial charge on any atom is -0.372 e. The highest BCUT2D eigenvalue weighted by Gasteiger charge is 2.27. The van der Waals surface area contributed by atoms with E-state index in [9.17, 15) is 4.79 Å². The Morgan fingerprint density at radius 3 is 2.53 bits per heavy atom. The molecule has 3 aromatic heterocycles. The lowest BCUT2D eigenvalue weighted by molar-refractivity contribution is -0.143. The number of ether oxygens (including phenoxy) is 1. The maximum atomic E-state index is 12.8. The number of carbonyl (C=O) groups is 1. The molecule has 32 heavy (non-hydrogen) atoms. The number of imidazole rings is 1. The Bertz CT molecular complexity index is 1090. The van der Waals surface area contributed by atoms with Gasteiger partial charge in [-0.2, -0.15) is 0 Å². The van der Waals surface area contributed by atoms with E-state index in [4.69, 9.17) is 9.72 Å². The van der Waals surface area contributed by atoms with E-state index in [1.165, 1.54) is 6.33 Å². The molecule has 0 aromatic carbocycles. The first-order valence-electron chi connectivity index (χ1n) is 11.1. The largest absolute Gasteiger partial charge is 0.372 e. The van der Waals surface area contributed by atoms with Gasteiger partial charge in [-0.25, -0.2) is 24.9 Å². The zero-order valence-corrected chi connectivity index (χ0v) is 19.2. The highest BCUT2D eigenvalue weighted by atomic mass is 16.5. The van der Waals surface area contributed by atoms with E-state index in [0.717, 1.165) is 17.0 Å². The number of hydrogen-bond acceptors (Lipinski definition) is 8. The zero-order valence-electron chi connectivity index (χ0n) is 19.2. The van der Waals surface area contributed by atoms with Crippen LogP contribution in [0.3, 0.4) is 0 Å². The highest BCUT2D eigenvalue weighted by Crippen LogP contribution is 2.26. The SMILES string of the molecule is CCn1c(-c2cnc(C)nc2)nc2c(NC(C)CC(=O)N3CC(C)OC(C)C3)ncnc21. The summed E-state index contributed by atoms with van der Waals surface area (Å²) in [4.78, 5) is 37.0. The van der Waals surface area contributed by atoms with Crippen LogP contribution in [0.25, 0.3) is 22.6 Å². The molecule has 4 heterocycles. The van der Waals surface area contributed by atoms with Crippen LogP contribution < -0.4 is 5.32 Å². The predicted octanol–water partition coefficient (Wildman–Crippen LogP) is 2.44. The first kappa shape index (κ1) is 22.1. The van der Waals surface area contributed by atoms with Gasteiger partial charge in [-0.1, -0.05) is 0 Å². The molecule has 0 aliphatic carbocycles. The molecule has 3 unspecified atom stereocenters. The van der Waals surface area contributed by atoms with Gasteiger partial charge in [0.15, 0.2) is 17.0 Å². The van der Waals surface area contributed by atoms with E-state index >= 15 is 0 Å². The van der Waals surface area contributed by atoms with Gasteiger partial charge >= 0.3 is 0 Å². The maximum Gasteiger partial charge on any atom is 0.224 e. The summed E-state index contributed by atoms with van der Waals surface area (Å²) in [6.45, 7) is 11.8. The summed E-state index contributed by atoms with van der Waals surface area (Å²) in [6.07, 6.45) is 5.51. The van der Waals surface area contributed by atoms with Crippen molar-refractivity contribution in [2.45, 2.75) is 65.8 Å². The summed E-state index contributed by atoms with van der Waals surface area (Å²) in [6, 6.07) is -0.119. The van der Waals surface area contributed by atoms with Crippen molar-refractivity contribution < 1.29 is 9.53 Å². The smallest absolute Gasteiger partial charge is 0.224 e. The van der Waals surface area contributed by atoms with Crippen LogP contribution in [-0.4, -0.2) is 71.6 Å². The molecule has 0 bridgehead atoms. The van der Waals surface area contributed by atoms with Crippen LogP contribution in [0.4, 0.5) is 5.82 Å². The monoisotopic (exact) mass is 438 g/mol. The van der Waals surface area contributed by atoms with Crippen molar-refractivity contribution in [3.63, 3.8) is 0 Å². The number of aryl methyl sites for hydroxylation is 2. The van der Waals surface area contributed by atoms with Crippen molar-refractivity contribution in [1.82, 2.24) is 34.4 Å². The number of rotatable bonds is 6. The number of anilines is 1. The van der Waals surface area contributed by atoms with Crippen LogP contribution in [0, 0.1) is 6.92 Å². The molecule has 10 heteroatoms. The summed E-state index contributed by atoms with van der Waals surface area (Å²) in [5.74, 6) is 2.16. The third-order valence-electron chi connectivity index (χ3n) is 5.52. The third-order valence-corrected chi connectivity index (χ3v) is 5.52. The molecule has 170 valence electrons. The molecular formula is C22H30N8O2. The summed E-state index contributed by atoms with van der Waals surface area (Å²) in [5, 5.41) is 3.37. The Morgan fingerprint density at radius 2 is 1.88 bits per heavy atom. The standard InChI is InChI=1S/C22H30N8O2/c1-6-30-21(17-8-23-16(5)24-9-17)28-19-20(25-12-26-22(19)30)27-13(2)7-18(31)29-10-14(3)32-15(4)11-29/h8-9,12-15H,6-7,10-11H2,1-5H3,(H,25,26,27). The van der Waals surface area contributed by atoms with Gasteiger partial charge in [-0.3, -0.25) is 4.79 Å². The predicted molar refractivity (Wildman–Crippen MR) is 121 cm³/mol. The van der Waals surface area contributed by atoms with Crippen molar-refractivity contribution in [2.75, 3.05) is 18.4 Å².